The Kier molecular flexibility index (Phi) is 6.31. The van der Waals surface area contributed by atoms with Crippen LogP contribution in [-0.4, -0.2) is 31.7 Å². The first-order valence-corrected chi connectivity index (χ1v) is 11.2. The SMILES string of the molecule is Cc1c(Cl)cccc1S(=O)(=O)N1CCC[C@@](C)(C(=O)NCc2ccc(F)cc2)C1. The monoisotopic (exact) mass is 438 g/mol. The number of amides is 1. The second kappa shape index (κ2) is 8.42. The molecule has 0 bridgehead atoms. The number of sulfonamides is 1. The van der Waals surface area contributed by atoms with Crippen molar-refractivity contribution in [3.05, 3.63) is 64.4 Å². The van der Waals surface area contributed by atoms with Crippen LogP contribution in [0.25, 0.3) is 0 Å². The quantitative estimate of drug-likeness (QED) is 0.770. The van der Waals surface area contributed by atoms with Crippen LogP contribution in [0.5, 0.6) is 0 Å². The summed E-state index contributed by atoms with van der Waals surface area (Å²) in [5, 5.41) is 3.25. The third-order valence-corrected chi connectivity index (χ3v) is 7.81. The minimum absolute atomic E-state index is 0.0938. The molecule has 156 valence electrons. The highest BCUT2D eigenvalue weighted by atomic mass is 35.5. The molecule has 0 aliphatic carbocycles. The summed E-state index contributed by atoms with van der Waals surface area (Å²) >= 11 is 6.10. The Hall–Kier alpha value is -1.96. The van der Waals surface area contributed by atoms with E-state index in [0.29, 0.717) is 30.0 Å². The maximum absolute atomic E-state index is 13.2. The molecule has 3 rings (SSSR count). The zero-order chi connectivity index (χ0) is 21.2. The van der Waals surface area contributed by atoms with Gasteiger partial charge in [0.15, 0.2) is 0 Å². The van der Waals surface area contributed by atoms with Gasteiger partial charge in [0, 0.05) is 24.7 Å². The smallest absolute Gasteiger partial charge is 0.243 e. The summed E-state index contributed by atoms with van der Waals surface area (Å²) < 4.78 is 40.8. The summed E-state index contributed by atoms with van der Waals surface area (Å²) in [5.74, 6) is -0.555. The predicted octanol–water partition coefficient (Wildman–Crippen LogP) is 3.89. The van der Waals surface area contributed by atoms with Crippen molar-refractivity contribution in [3.8, 4) is 0 Å². The van der Waals surface area contributed by atoms with Crippen LogP contribution in [0.15, 0.2) is 47.4 Å². The Balaban J connectivity index is 1.75. The molecule has 0 saturated carbocycles. The Morgan fingerprint density at radius 2 is 1.93 bits per heavy atom. The Labute approximate surface area is 175 Å². The van der Waals surface area contributed by atoms with Crippen LogP contribution < -0.4 is 5.32 Å². The molecule has 0 aromatic heterocycles. The molecule has 1 heterocycles. The summed E-state index contributed by atoms with van der Waals surface area (Å²) in [5.41, 5.74) is 0.429. The first-order valence-electron chi connectivity index (χ1n) is 9.41. The minimum Gasteiger partial charge on any atom is -0.352 e. The molecule has 1 saturated heterocycles. The van der Waals surface area contributed by atoms with Crippen LogP contribution >= 0.6 is 11.6 Å². The van der Waals surface area contributed by atoms with E-state index in [-0.39, 0.29) is 29.7 Å². The Morgan fingerprint density at radius 1 is 1.24 bits per heavy atom. The Bertz CT molecular complexity index is 1010. The predicted molar refractivity (Wildman–Crippen MR) is 111 cm³/mol. The zero-order valence-electron chi connectivity index (χ0n) is 16.4. The Morgan fingerprint density at radius 3 is 2.62 bits per heavy atom. The number of rotatable bonds is 5. The number of benzene rings is 2. The molecule has 5 nitrogen and oxygen atoms in total. The lowest BCUT2D eigenvalue weighted by Crippen LogP contribution is -2.51. The number of hydrogen-bond donors (Lipinski definition) is 1. The lowest BCUT2D eigenvalue weighted by atomic mass is 9.82. The van der Waals surface area contributed by atoms with E-state index >= 15 is 0 Å². The molecule has 2 aromatic carbocycles. The van der Waals surface area contributed by atoms with Gasteiger partial charge in [0.2, 0.25) is 15.9 Å². The molecular formula is C21H24ClFN2O3S. The van der Waals surface area contributed by atoms with E-state index in [9.17, 15) is 17.6 Å². The summed E-state index contributed by atoms with van der Waals surface area (Å²) in [6.45, 7) is 4.16. The number of nitrogens with zero attached hydrogens (tertiary/aromatic N) is 1. The van der Waals surface area contributed by atoms with Gasteiger partial charge in [-0.15, -0.1) is 0 Å². The fourth-order valence-electron chi connectivity index (χ4n) is 3.59. The molecule has 0 unspecified atom stereocenters. The van der Waals surface area contributed by atoms with E-state index in [0.717, 1.165) is 5.56 Å². The van der Waals surface area contributed by atoms with Gasteiger partial charge in [-0.1, -0.05) is 29.8 Å². The van der Waals surface area contributed by atoms with Crippen LogP contribution in [-0.2, 0) is 21.4 Å². The van der Waals surface area contributed by atoms with Crippen molar-refractivity contribution < 1.29 is 17.6 Å². The number of carbonyl (C=O) groups is 1. The number of nitrogens with one attached hydrogen (secondary N) is 1. The summed E-state index contributed by atoms with van der Waals surface area (Å²) in [7, 11) is -3.76. The molecule has 0 spiro atoms. The van der Waals surface area contributed by atoms with Crippen LogP contribution in [0.2, 0.25) is 5.02 Å². The van der Waals surface area contributed by atoms with Gasteiger partial charge in [0.1, 0.15) is 5.82 Å². The van der Waals surface area contributed by atoms with Crippen molar-refractivity contribution in [3.63, 3.8) is 0 Å². The van der Waals surface area contributed by atoms with E-state index in [4.69, 9.17) is 11.6 Å². The topological polar surface area (TPSA) is 66.5 Å². The van der Waals surface area contributed by atoms with Crippen LogP contribution in [0.3, 0.4) is 0 Å². The summed E-state index contributed by atoms with van der Waals surface area (Å²) in [6, 6.07) is 10.7. The van der Waals surface area contributed by atoms with Gasteiger partial charge in [-0.05, 0) is 62.1 Å². The van der Waals surface area contributed by atoms with Crippen LogP contribution in [0.1, 0.15) is 30.9 Å². The highest BCUT2D eigenvalue weighted by molar-refractivity contribution is 7.89. The fraction of sp³-hybridized carbons (Fsp3) is 0.381. The van der Waals surface area contributed by atoms with Gasteiger partial charge < -0.3 is 5.32 Å². The molecular weight excluding hydrogens is 415 g/mol. The van der Waals surface area contributed by atoms with Crippen molar-refractivity contribution in [1.29, 1.82) is 0 Å². The minimum atomic E-state index is -3.76. The number of piperidine rings is 1. The van der Waals surface area contributed by atoms with E-state index in [1.165, 1.54) is 22.5 Å². The molecule has 1 aliphatic rings. The first-order chi connectivity index (χ1) is 13.6. The highest BCUT2D eigenvalue weighted by Gasteiger charge is 2.42. The van der Waals surface area contributed by atoms with Crippen LogP contribution in [0, 0.1) is 18.2 Å². The van der Waals surface area contributed by atoms with Gasteiger partial charge >= 0.3 is 0 Å². The van der Waals surface area contributed by atoms with E-state index in [1.807, 2.05) is 0 Å². The van der Waals surface area contributed by atoms with Crippen molar-refractivity contribution in [1.82, 2.24) is 9.62 Å². The standard InChI is InChI=1S/C21H24ClFN2O3S/c1-15-18(22)5-3-6-19(15)29(27,28)25-12-4-11-21(2,14-25)20(26)24-13-16-7-9-17(23)10-8-16/h3,5-10H,4,11-14H2,1-2H3,(H,24,26)/t21-/m1/s1. The number of carbonyl (C=O) groups excluding carboxylic acids is 1. The number of halogens is 2. The summed E-state index contributed by atoms with van der Waals surface area (Å²) in [4.78, 5) is 13.0. The van der Waals surface area contributed by atoms with Gasteiger partial charge in [-0.25, -0.2) is 12.8 Å². The van der Waals surface area contributed by atoms with Gasteiger partial charge in [0.25, 0.3) is 0 Å². The second-order valence-electron chi connectivity index (χ2n) is 7.67. The molecule has 1 atom stereocenters. The van der Waals surface area contributed by atoms with Crippen molar-refractivity contribution >= 4 is 27.5 Å². The highest BCUT2D eigenvalue weighted by Crippen LogP contribution is 2.34. The second-order valence-corrected chi connectivity index (χ2v) is 9.99. The third kappa shape index (κ3) is 4.63. The third-order valence-electron chi connectivity index (χ3n) is 5.41. The fourth-order valence-corrected chi connectivity index (χ4v) is 5.67. The molecule has 2 aromatic rings. The van der Waals surface area contributed by atoms with Crippen molar-refractivity contribution in [2.45, 2.75) is 38.1 Å². The molecule has 1 amide bonds. The molecule has 0 radical (unpaired) electrons. The van der Waals surface area contributed by atoms with E-state index in [1.54, 1.807) is 38.1 Å². The van der Waals surface area contributed by atoms with E-state index in [2.05, 4.69) is 5.32 Å². The lowest BCUT2D eigenvalue weighted by Gasteiger charge is -2.38. The maximum Gasteiger partial charge on any atom is 0.243 e. The largest absolute Gasteiger partial charge is 0.352 e. The summed E-state index contributed by atoms with van der Waals surface area (Å²) in [6.07, 6.45) is 1.17. The average molecular weight is 439 g/mol. The molecule has 29 heavy (non-hydrogen) atoms. The van der Waals surface area contributed by atoms with E-state index < -0.39 is 15.4 Å². The molecule has 1 N–H and O–H groups in total. The van der Waals surface area contributed by atoms with Gasteiger partial charge in [-0.2, -0.15) is 4.31 Å². The average Bonchev–Trinajstić information content (AvgIpc) is 2.69. The molecule has 8 heteroatoms. The molecule has 1 aliphatic heterocycles. The first kappa shape index (κ1) is 21.7. The van der Waals surface area contributed by atoms with Crippen molar-refractivity contribution in [2.75, 3.05) is 13.1 Å². The maximum atomic E-state index is 13.2. The van der Waals surface area contributed by atoms with Crippen LogP contribution in [0.4, 0.5) is 4.39 Å². The lowest BCUT2D eigenvalue weighted by molar-refractivity contribution is -0.132. The normalized spacial score (nSPS) is 20.4. The zero-order valence-corrected chi connectivity index (χ0v) is 18.0. The van der Waals surface area contributed by atoms with Crippen molar-refractivity contribution in [2.24, 2.45) is 5.41 Å². The number of hydrogen-bond acceptors (Lipinski definition) is 3. The van der Waals surface area contributed by atoms with Gasteiger partial charge in [-0.3, -0.25) is 4.79 Å². The molecule has 1 fully saturated rings. The van der Waals surface area contributed by atoms with Gasteiger partial charge in [0.05, 0.1) is 10.3 Å².